The molecule has 0 fully saturated rings. The van der Waals surface area contributed by atoms with Gasteiger partial charge in [-0.05, 0) is 26.0 Å². The maximum Gasteiger partial charge on any atom is 0.341 e. The molecule has 0 heterocycles. The highest BCUT2D eigenvalue weighted by Crippen LogP contribution is 2.25. The van der Waals surface area contributed by atoms with E-state index in [-0.39, 0.29) is 18.4 Å². The number of hydrogen-bond acceptors (Lipinski definition) is 4. The Morgan fingerprint density at radius 1 is 1.30 bits per heavy atom. The predicted molar refractivity (Wildman–Crippen MR) is 69.3 cm³/mol. The number of halogens is 2. The van der Waals surface area contributed by atoms with Crippen LogP contribution in [0.5, 0.6) is 0 Å². The largest absolute Gasteiger partial charge is 0.369 e. The summed E-state index contributed by atoms with van der Waals surface area (Å²) in [4.78, 5) is 10.9. The van der Waals surface area contributed by atoms with Gasteiger partial charge in [-0.25, -0.2) is 8.42 Å². The third kappa shape index (κ3) is 4.24. The lowest BCUT2D eigenvalue weighted by atomic mass is 10.3. The molecule has 0 saturated heterocycles. The number of sulfone groups is 1. The van der Waals surface area contributed by atoms with Gasteiger partial charge in [-0.2, -0.15) is 8.78 Å². The first-order valence-corrected chi connectivity index (χ1v) is 7.32. The Balaban J connectivity index is 2.95. The molecule has 5 nitrogen and oxygen atoms in total. The average Bonchev–Trinajstić information content (AvgIpc) is 2.36. The second-order valence-electron chi connectivity index (χ2n) is 4.21. The Morgan fingerprint density at radius 2 is 1.90 bits per heavy atom. The highest BCUT2D eigenvalue weighted by atomic mass is 32.2. The number of alkyl halides is 2. The summed E-state index contributed by atoms with van der Waals surface area (Å²) in [6.07, 6.45) is -0.180. The van der Waals surface area contributed by atoms with E-state index in [1.807, 2.05) is 0 Å². The van der Waals surface area contributed by atoms with E-state index in [1.54, 1.807) is 13.8 Å². The molecule has 0 aliphatic carbocycles. The van der Waals surface area contributed by atoms with Crippen LogP contribution in [0.1, 0.15) is 13.8 Å². The Labute approximate surface area is 115 Å². The van der Waals surface area contributed by atoms with Crippen molar-refractivity contribution in [2.45, 2.75) is 30.6 Å². The SMILES string of the molecule is CC(C)OCC(=O)Nc1ccccc1S(=O)(=O)C(F)F. The Kier molecular flexibility index (Phi) is 5.58. The van der Waals surface area contributed by atoms with E-state index in [2.05, 4.69) is 5.32 Å². The Bertz CT molecular complexity index is 573. The van der Waals surface area contributed by atoms with Gasteiger partial charge in [0.2, 0.25) is 15.7 Å². The van der Waals surface area contributed by atoms with Crippen molar-refractivity contribution < 1.29 is 26.7 Å². The lowest BCUT2D eigenvalue weighted by molar-refractivity contribution is -0.121. The average molecular weight is 307 g/mol. The molecule has 1 amide bonds. The zero-order chi connectivity index (χ0) is 15.3. The summed E-state index contributed by atoms with van der Waals surface area (Å²) in [5, 5.41) is 2.25. The molecule has 0 spiro atoms. The van der Waals surface area contributed by atoms with Crippen molar-refractivity contribution in [2.75, 3.05) is 11.9 Å². The molecule has 0 bridgehead atoms. The molecule has 0 atom stereocenters. The van der Waals surface area contributed by atoms with Gasteiger partial charge in [0.15, 0.2) is 0 Å². The normalized spacial score (nSPS) is 11.9. The van der Waals surface area contributed by atoms with Crippen LogP contribution in [0.2, 0.25) is 0 Å². The summed E-state index contributed by atoms with van der Waals surface area (Å²) in [7, 11) is -4.77. The molecular weight excluding hydrogens is 292 g/mol. The fourth-order valence-electron chi connectivity index (χ4n) is 1.34. The number of nitrogens with one attached hydrogen (secondary N) is 1. The summed E-state index contributed by atoms with van der Waals surface area (Å²) in [6.45, 7) is 3.16. The number of carbonyl (C=O) groups excluding carboxylic acids is 1. The topological polar surface area (TPSA) is 72.5 Å². The predicted octanol–water partition coefficient (Wildman–Crippen LogP) is 2.05. The van der Waals surface area contributed by atoms with E-state index in [9.17, 15) is 22.0 Å². The van der Waals surface area contributed by atoms with Crippen LogP contribution >= 0.6 is 0 Å². The molecule has 0 unspecified atom stereocenters. The van der Waals surface area contributed by atoms with Gasteiger partial charge in [0, 0.05) is 0 Å². The van der Waals surface area contributed by atoms with Crippen molar-refractivity contribution in [3.8, 4) is 0 Å². The first kappa shape index (κ1) is 16.5. The third-order valence-electron chi connectivity index (χ3n) is 2.25. The molecule has 0 aliphatic heterocycles. The van der Waals surface area contributed by atoms with Crippen LogP contribution in [0, 0.1) is 0 Å². The van der Waals surface area contributed by atoms with E-state index >= 15 is 0 Å². The zero-order valence-corrected chi connectivity index (χ0v) is 11.8. The molecule has 1 aromatic carbocycles. The summed E-state index contributed by atoms with van der Waals surface area (Å²) >= 11 is 0. The molecule has 112 valence electrons. The monoisotopic (exact) mass is 307 g/mol. The van der Waals surface area contributed by atoms with Gasteiger partial charge in [0.1, 0.15) is 6.61 Å². The number of benzene rings is 1. The Morgan fingerprint density at radius 3 is 2.45 bits per heavy atom. The highest BCUT2D eigenvalue weighted by molar-refractivity contribution is 7.91. The van der Waals surface area contributed by atoms with E-state index in [4.69, 9.17) is 4.74 Å². The molecule has 8 heteroatoms. The van der Waals surface area contributed by atoms with E-state index in [0.717, 1.165) is 6.07 Å². The van der Waals surface area contributed by atoms with Gasteiger partial charge in [0.25, 0.3) is 0 Å². The van der Waals surface area contributed by atoms with Crippen molar-refractivity contribution in [2.24, 2.45) is 0 Å². The number of anilines is 1. The number of amides is 1. The minimum absolute atomic E-state index is 0.180. The fourth-order valence-corrected chi connectivity index (χ4v) is 2.23. The van der Waals surface area contributed by atoms with Crippen LogP contribution in [0.15, 0.2) is 29.2 Å². The smallest absolute Gasteiger partial charge is 0.341 e. The van der Waals surface area contributed by atoms with Gasteiger partial charge in [-0.15, -0.1) is 0 Å². The number of para-hydroxylation sites is 1. The first-order chi connectivity index (χ1) is 9.25. The van der Waals surface area contributed by atoms with Gasteiger partial charge in [-0.3, -0.25) is 4.79 Å². The van der Waals surface area contributed by atoms with Gasteiger partial charge in [0.05, 0.1) is 16.7 Å². The number of carbonyl (C=O) groups is 1. The molecule has 1 rings (SSSR count). The minimum Gasteiger partial charge on any atom is -0.369 e. The van der Waals surface area contributed by atoms with Gasteiger partial charge in [-0.1, -0.05) is 12.1 Å². The standard InChI is InChI=1S/C12H15F2NO4S/c1-8(2)19-7-11(16)15-9-5-3-4-6-10(9)20(17,18)12(13)14/h3-6,8,12H,7H2,1-2H3,(H,15,16). The zero-order valence-electron chi connectivity index (χ0n) is 11.0. The van der Waals surface area contributed by atoms with Crippen molar-refractivity contribution in [3.63, 3.8) is 0 Å². The van der Waals surface area contributed by atoms with Crippen LogP contribution in [-0.4, -0.2) is 32.8 Å². The molecule has 0 radical (unpaired) electrons. The molecule has 20 heavy (non-hydrogen) atoms. The number of ether oxygens (including phenoxy) is 1. The number of hydrogen-bond donors (Lipinski definition) is 1. The molecular formula is C12H15F2NO4S. The van der Waals surface area contributed by atoms with Crippen molar-refractivity contribution >= 4 is 21.4 Å². The fraction of sp³-hybridized carbons (Fsp3) is 0.417. The van der Waals surface area contributed by atoms with Crippen LogP contribution < -0.4 is 5.32 Å². The molecule has 0 saturated carbocycles. The Hall–Kier alpha value is -1.54. The van der Waals surface area contributed by atoms with Crippen LogP contribution in [0.25, 0.3) is 0 Å². The van der Waals surface area contributed by atoms with E-state index < -0.39 is 26.4 Å². The summed E-state index contributed by atoms with van der Waals surface area (Å²) in [5.41, 5.74) is -0.190. The third-order valence-corrected chi connectivity index (χ3v) is 3.69. The van der Waals surface area contributed by atoms with Crippen LogP contribution in [0.3, 0.4) is 0 Å². The second kappa shape index (κ2) is 6.76. The van der Waals surface area contributed by atoms with Crippen molar-refractivity contribution in [3.05, 3.63) is 24.3 Å². The maximum atomic E-state index is 12.5. The molecule has 0 aliphatic rings. The van der Waals surface area contributed by atoms with Crippen molar-refractivity contribution in [1.29, 1.82) is 0 Å². The molecule has 1 aromatic rings. The maximum absolute atomic E-state index is 12.5. The lowest BCUT2D eigenvalue weighted by Crippen LogP contribution is -2.22. The summed E-state index contributed by atoms with van der Waals surface area (Å²) in [5.74, 6) is -4.16. The van der Waals surface area contributed by atoms with Crippen molar-refractivity contribution in [1.82, 2.24) is 0 Å². The van der Waals surface area contributed by atoms with Crippen LogP contribution in [0.4, 0.5) is 14.5 Å². The van der Waals surface area contributed by atoms with E-state index in [1.165, 1.54) is 18.2 Å². The van der Waals surface area contributed by atoms with Crippen LogP contribution in [-0.2, 0) is 19.4 Å². The van der Waals surface area contributed by atoms with Gasteiger partial charge < -0.3 is 10.1 Å². The highest BCUT2D eigenvalue weighted by Gasteiger charge is 2.29. The molecule has 1 N–H and O–H groups in total. The first-order valence-electron chi connectivity index (χ1n) is 5.77. The van der Waals surface area contributed by atoms with Gasteiger partial charge >= 0.3 is 5.76 Å². The molecule has 0 aromatic heterocycles. The summed E-state index contributed by atoms with van der Waals surface area (Å²) in [6, 6.07) is 4.99. The number of rotatable bonds is 6. The second-order valence-corrected chi connectivity index (χ2v) is 6.10. The summed E-state index contributed by atoms with van der Waals surface area (Å²) < 4.78 is 53.1. The minimum atomic E-state index is -4.77. The quantitative estimate of drug-likeness (QED) is 0.873. The van der Waals surface area contributed by atoms with E-state index in [0.29, 0.717) is 0 Å². The lowest BCUT2D eigenvalue weighted by Gasteiger charge is -2.12.